The van der Waals surface area contributed by atoms with Crippen LogP contribution in [-0.2, 0) is 6.54 Å². The molecule has 0 spiro atoms. The summed E-state index contributed by atoms with van der Waals surface area (Å²) in [6.45, 7) is 4.11. The molecule has 176 valence electrons. The van der Waals surface area contributed by atoms with Crippen LogP contribution in [0, 0.1) is 12.8 Å². The molecule has 9 nitrogen and oxygen atoms in total. The van der Waals surface area contributed by atoms with Gasteiger partial charge >= 0.3 is 6.03 Å². The largest absolute Gasteiger partial charge is 0.507 e. The number of carbonyl (C=O) groups is 2. The van der Waals surface area contributed by atoms with Crippen LogP contribution in [0.2, 0.25) is 0 Å². The van der Waals surface area contributed by atoms with Crippen molar-refractivity contribution in [2.45, 2.75) is 26.3 Å². The Bertz CT molecular complexity index is 1390. The number of fused-ring (bicyclic) bond motifs is 2. The number of likely N-dealkylation sites (tertiary alicyclic amines) is 1. The molecular formula is C25H28N6O3. The molecule has 1 N–H and O–H groups in total. The zero-order valence-corrected chi connectivity index (χ0v) is 19.6. The first-order chi connectivity index (χ1) is 16.3. The number of carbonyl (C=O) groups excluding carboxylic acids is 2. The lowest BCUT2D eigenvalue weighted by molar-refractivity contribution is 0.0684. The van der Waals surface area contributed by atoms with Gasteiger partial charge in [-0.3, -0.25) is 14.3 Å². The second-order valence-electron chi connectivity index (χ2n) is 9.13. The van der Waals surface area contributed by atoms with Crippen LogP contribution in [0.25, 0.3) is 21.9 Å². The summed E-state index contributed by atoms with van der Waals surface area (Å²) in [7, 11) is 3.32. The minimum atomic E-state index is -0.272. The Labute approximate surface area is 197 Å². The lowest BCUT2D eigenvalue weighted by Crippen LogP contribution is -2.39. The highest BCUT2D eigenvalue weighted by Crippen LogP contribution is 2.32. The smallest absolute Gasteiger partial charge is 0.328 e. The highest BCUT2D eigenvalue weighted by molar-refractivity contribution is 6.11. The molecule has 0 aliphatic carbocycles. The highest BCUT2D eigenvalue weighted by Gasteiger charge is 2.28. The fourth-order valence-corrected chi connectivity index (χ4v) is 4.88. The normalized spacial score (nSPS) is 14.7. The number of piperidine rings is 1. The lowest BCUT2D eigenvalue weighted by atomic mass is 9.96. The number of phenolic OH excluding ortho intramolecular Hbond substituents is 1. The van der Waals surface area contributed by atoms with Crippen LogP contribution in [0.4, 0.5) is 4.79 Å². The quantitative estimate of drug-likeness (QED) is 0.505. The molecule has 4 aromatic rings. The van der Waals surface area contributed by atoms with Gasteiger partial charge in [0.15, 0.2) is 0 Å². The van der Waals surface area contributed by atoms with Gasteiger partial charge in [0, 0.05) is 46.1 Å². The Hall–Kier alpha value is -3.88. The van der Waals surface area contributed by atoms with E-state index in [0.717, 1.165) is 36.2 Å². The van der Waals surface area contributed by atoms with Gasteiger partial charge in [0.2, 0.25) is 0 Å². The molecule has 1 aliphatic rings. The number of hydrogen-bond acceptors (Lipinski definition) is 5. The molecule has 4 heterocycles. The van der Waals surface area contributed by atoms with Crippen molar-refractivity contribution >= 4 is 33.9 Å². The number of hydrogen-bond donors (Lipinski definition) is 1. The Morgan fingerprint density at radius 2 is 1.91 bits per heavy atom. The van der Waals surface area contributed by atoms with E-state index in [4.69, 9.17) is 0 Å². The van der Waals surface area contributed by atoms with Gasteiger partial charge in [-0.05, 0) is 43.9 Å². The minimum Gasteiger partial charge on any atom is -0.507 e. The van der Waals surface area contributed by atoms with Crippen LogP contribution < -0.4 is 0 Å². The highest BCUT2D eigenvalue weighted by atomic mass is 16.3. The number of pyridine rings is 1. The van der Waals surface area contributed by atoms with E-state index in [-0.39, 0.29) is 17.7 Å². The molecular weight excluding hydrogens is 432 g/mol. The number of aryl methyl sites for hydroxylation is 1. The van der Waals surface area contributed by atoms with Gasteiger partial charge in [-0.1, -0.05) is 6.07 Å². The third-order valence-electron chi connectivity index (χ3n) is 6.71. The summed E-state index contributed by atoms with van der Waals surface area (Å²) in [6, 6.07) is 6.68. The van der Waals surface area contributed by atoms with Crippen LogP contribution in [0.1, 0.15) is 29.0 Å². The average molecular weight is 461 g/mol. The van der Waals surface area contributed by atoms with E-state index in [2.05, 4.69) is 14.5 Å². The standard InChI is InChI=1S/C25H28N6O3/c1-16-27-19-13-26-10-7-20(19)30(16)14-17-8-11-29(12-9-17)24(33)18-15-31(25(34)28(2)3)21-5-4-6-22(32)23(18)21/h4-7,10,13,15,17,32H,8-9,11-12,14H2,1-3H3. The summed E-state index contributed by atoms with van der Waals surface area (Å²) in [4.78, 5) is 38.2. The van der Waals surface area contributed by atoms with Gasteiger partial charge in [0.1, 0.15) is 17.1 Å². The zero-order chi connectivity index (χ0) is 24.0. The summed E-state index contributed by atoms with van der Waals surface area (Å²) in [6.07, 6.45) is 6.87. The van der Waals surface area contributed by atoms with Crippen LogP contribution in [0.15, 0.2) is 42.9 Å². The van der Waals surface area contributed by atoms with Crippen molar-refractivity contribution in [2.24, 2.45) is 5.92 Å². The van der Waals surface area contributed by atoms with Crippen LogP contribution in [0.3, 0.4) is 0 Å². The molecule has 1 aromatic carbocycles. The molecule has 3 aromatic heterocycles. The Morgan fingerprint density at radius 1 is 1.15 bits per heavy atom. The summed E-state index contributed by atoms with van der Waals surface area (Å²) < 4.78 is 3.66. The second kappa shape index (κ2) is 8.48. The number of phenols is 1. The van der Waals surface area contributed by atoms with Crippen molar-refractivity contribution in [1.29, 1.82) is 0 Å². The van der Waals surface area contributed by atoms with E-state index < -0.39 is 0 Å². The first-order valence-corrected chi connectivity index (χ1v) is 11.5. The summed E-state index contributed by atoms with van der Waals surface area (Å²) in [5.41, 5.74) is 2.86. The fourth-order valence-electron chi connectivity index (χ4n) is 4.88. The zero-order valence-electron chi connectivity index (χ0n) is 19.6. The molecule has 9 heteroatoms. The molecule has 1 fully saturated rings. The van der Waals surface area contributed by atoms with Gasteiger partial charge in [-0.15, -0.1) is 0 Å². The molecule has 0 unspecified atom stereocenters. The first kappa shape index (κ1) is 21.9. The SMILES string of the molecule is Cc1nc2cnccc2n1CC1CCN(C(=O)c2cn(C(=O)N(C)C)c3cccc(O)c23)CC1. The van der Waals surface area contributed by atoms with E-state index in [1.165, 1.54) is 9.47 Å². The van der Waals surface area contributed by atoms with Crippen LogP contribution in [-0.4, -0.2) is 73.1 Å². The summed E-state index contributed by atoms with van der Waals surface area (Å²) in [5.74, 6) is 1.23. The summed E-state index contributed by atoms with van der Waals surface area (Å²) in [5, 5.41) is 10.9. The Morgan fingerprint density at radius 3 is 2.65 bits per heavy atom. The Kier molecular flexibility index (Phi) is 5.47. The van der Waals surface area contributed by atoms with E-state index in [1.54, 1.807) is 50.9 Å². The van der Waals surface area contributed by atoms with Crippen LogP contribution >= 0.6 is 0 Å². The van der Waals surface area contributed by atoms with Gasteiger partial charge in [0.25, 0.3) is 5.91 Å². The van der Waals surface area contributed by atoms with Crippen molar-refractivity contribution in [1.82, 2.24) is 28.9 Å². The minimum absolute atomic E-state index is 0.00186. The van der Waals surface area contributed by atoms with Gasteiger partial charge in [-0.2, -0.15) is 0 Å². The molecule has 1 aliphatic heterocycles. The van der Waals surface area contributed by atoms with Crippen molar-refractivity contribution in [3.8, 4) is 5.75 Å². The number of amides is 2. The number of aromatic nitrogens is 4. The predicted molar refractivity (Wildman–Crippen MR) is 129 cm³/mol. The molecule has 34 heavy (non-hydrogen) atoms. The van der Waals surface area contributed by atoms with Crippen LogP contribution in [0.5, 0.6) is 5.75 Å². The maximum absolute atomic E-state index is 13.5. The van der Waals surface area contributed by atoms with E-state index >= 15 is 0 Å². The number of rotatable bonds is 3. The molecule has 5 rings (SSSR count). The maximum atomic E-state index is 13.5. The van der Waals surface area contributed by atoms with Crippen molar-refractivity contribution in [3.05, 3.63) is 54.2 Å². The predicted octanol–water partition coefficient (Wildman–Crippen LogP) is 3.48. The van der Waals surface area contributed by atoms with E-state index in [1.807, 2.05) is 17.9 Å². The topological polar surface area (TPSA) is 96.5 Å². The molecule has 0 radical (unpaired) electrons. The third kappa shape index (κ3) is 3.67. The monoisotopic (exact) mass is 460 g/mol. The number of aromatic hydroxyl groups is 1. The second-order valence-corrected chi connectivity index (χ2v) is 9.13. The van der Waals surface area contributed by atoms with Gasteiger partial charge < -0.3 is 19.5 Å². The number of nitrogens with zero attached hydrogens (tertiary/aromatic N) is 6. The fraction of sp³-hybridized carbons (Fsp3) is 0.360. The van der Waals surface area contributed by atoms with Crippen molar-refractivity contribution in [3.63, 3.8) is 0 Å². The van der Waals surface area contributed by atoms with Crippen molar-refractivity contribution in [2.75, 3.05) is 27.2 Å². The van der Waals surface area contributed by atoms with Crippen molar-refractivity contribution < 1.29 is 14.7 Å². The lowest BCUT2D eigenvalue weighted by Gasteiger charge is -2.32. The van der Waals surface area contributed by atoms with E-state index in [0.29, 0.717) is 35.5 Å². The van der Waals surface area contributed by atoms with E-state index in [9.17, 15) is 14.7 Å². The average Bonchev–Trinajstić information content (AvgIpc) is 3.37. The van der Waals surface area contributed by atoms with Gasteiger partial charge in [0.05, 0.1) is 28.2 Å². The summed E-state index contributed by atoms with van der Waals surface area (Å²) >= 11 is 0. The first-order valence-electron chi connectivity index (χ1n) is 11.5. The maximum Gasteiger partial charge on any atom is 0.328 e. The van der Waals surface area contributed by atoms with Gasteiger partial charge in [-0.25, -0.2) is 9.78 Å². The Balaban J connectivity index is 1.35. The third-order valence-corrected chi connectivity index (χ3v) is 6.71. The molecule has 1 saturated heterocycles. The molecule has 0 bridgehead atoms. The molecule has 0 atom stereocenters. The number of benzene rings is 1. The number of imidazole rings is 1. The molecule has 0 saturated carbocycles. The molecule has 2 amide bonds.